The molecular formula is C22H29N5O5S. The summed E-state index contributed by atoms with van der Waals surface area (Å²) >= 11 is 0. The van der Waals surface area contributed by atoms with E-state index in [4.69, 9.17) is 9.47 Å². The van der Waals surface area contributed by atoms with Crippen LogP contribution in [0.5, 0.6) is 11.5 Å². The molecule has 2 aliphatic rings. The Morgan fingerprint density at radius 3 is 2.45 bits per heavy atom. The van der Waals surface area contributed by atoms with Crippen LogP contribution in [0.25, 0.3) is 10.9 Å². The molecule has 3 heterocycles. The molecule has 1 fully saturated rings. The van der Waals surface area contributed by atoms with Crippen molar-refractivity contribution in [3.05, 3.63) is 30.7 Å². The zero-order valence-electron chi connectivity index (χ0n) is 19.2. The molecule has 2 aromatic rings. The lowest BCUT2D eigenvalue weighted by atomic mass is 9.81. The Labute approximate surface area is 193 Å². The second-order valence-corrected chi connectivity index (χ2v) is 10.2. The van der Waals surface area contributed by atoms with Crippen molar-refractivity contribution in [1.29, 1.82) is 0 Å². The van der Waals surface area contributed by atoms with Crippen LogP contribution in [-0.2, 0) is 10.2 Å². The van der Waals surface area contributed by atoms with Gasteiger partial charge in [0.25, 0.3) is 0 Å². The molecule has 1 aromatic carbocycles. The van der Waals surface area contributed by atoms with Gasteiger partial charge in [0, 0.05) is 30.7 Å². The number of allylic oxidation sites excluding steroid dienone is 1. The van der Waals surface area contributed by atoms with Gasteiger partial charge in [-0.2, -0.15) is 12.8 Å². The quantitative estimate of drug-likeness (QED) is 0.675. The number of fused-ring (bicyclic) bond motifs is 1. The number of benzene rings is 1. The molecule has 10 nitrogen and oxygen atoms in total. The van der Waals surface area contributed by atoms with Gasteiger partial charge in [0.05, 0.1) is 37.6 Å². The Balaban J connectivity index is 1.50. The van der Waals surface area contributed by atoms with E-state index in [0.717, 1.165) is 21.0 Å². The molecule has 4 rings (SSSR count). The summed E-state index contributed by atoms with van der Waals surface area (Å²) in [4.78, 5) is 11.0. The molecule has 0 bridgehead atoms. The summed E-state index contributed by atoms with van der Waals surface area (Å²) in [7, 11) is -0.637. The van der Waals surface area contributed by atoms with Crippen LogP contribution in [-0.4, -0.2) is 73.0 Å². The minimum absolute atomic E-state index is 0.0410. The second kappa shape index (κ2) is 8.79. The molecule has 1 unspecified atom stereocenters. The Kier molecular flexibility index (Phi) is 6.19. The van der Waals surface area contributed by atoms with Gasteiger partial charge < -0.3 is 19.5 Å². The van der Waals surface area contributed by atoms with Gasteiger partial charge in [-0.1, -0.05) is 0 Å². The first-order valence-corrected chi connectivity index (χ1v) is 12.1. The number of aromatic nitrogens is 2. The first-order chi connectivity index (χ1) is 15.6. The van der Waals surface area contributed by atoms with Gasteiger partial charge in [-0.3, -0.25) is 4.31 Å². The fourth-order valence-corrected chi connectivity index (χ4v) is 5.62. The Bertz CT molecular complexity index is 1200. The molecular weight excluding hydrogens is 446 g/mol. The highest BCUT2D eigenvalue weighted by Gasteiger charge is 2.39. The van der Waals surface area contributed by atoms with Crippen molar-refractivity contribution in [3.63, 3.8) is 0 Å². The average molecular weight is 476 g/mol. The lowest BCUT2D eigenvalue weighted by molar-refractivity contribution is -0.0191. The summed E-state index contributed by atoms with van der Waals surface area (Å²) in [5, 5.41) is 12.0. The van der Waals surface area contributed by atoms with Crippen molar-refractivity contribution in [3.8, 4) is 11.5 Å². The topological polar surface area (TPSA) is 117 Å². The highest BCUT2D eigenvalue weighted by Crippen LogP contribution is 2.37. The molecule has 1 saturated heterocycles. The number of ether oxygens (including phenoxy) is 2. The van der Waals surface area contributed by atoms with Gasteiger partial charge in [-0.25, -0.2) is 9.97 Å². The van der Waals surface area contributed by atoms with Crippen LogP contribution in [0.15, 0.2) is 35.1 Å². The van der Waals surface area contributed by atoms with E-state index >= 15 is 0 Å². The van der Waals surface area contributed by atoms with Crippen LogP contribution < -0.4 is 14.4 Å². The number of aliphatic hydroxyl groups is 1. The first kappa shape index (κ1) is 23.2. The number of rotatable bonds is 6. The number of anilines is 1. The molecule has 1 atom stereocenters. The van der Waals surface area contributed by atoms with E-state index in [9.17, 15) is 13.5 Å². The Morgan fingerprint density at radius 2 is 1.82 bits per heavy atom. The minimum atomic E-state index is -3.81. The number of methoxy groups -OCH3 is 2. The Morgan fingerprint density at radius 1 is 1.15 bits per heavy atom. The lowest BCUT2D eigenvalue weighted by Crippen LogP contribution is -2.50. The highest BCUT2D eigenvalue weighted by atomic mass is 32.2. The molecule has 0 spiro atoms. The summed E-state index contributed by atoms with van der Waals surface area (Å²) < 4.78 is 40.3. The van der Waals surface area contributed by atoms with Crippen LogP contribution in [0.2, 0.25) is 0 Å². The molecule has 1 N–H and O–H groups in total. The van der Waals surface area contributed by atoms with Crippen molar-refractivity contribution >= 4 is 32.6 Å². The van der Waals surface area contributed by atoms with Crippen molar-refractivity contribution in [2.45, 2.75) is 32.3 Å². The van der Waals surface area contributed by atoms with E-state index in [2.05, 4.69) is 19.3 Å². The van der Waals surface area contributed by atoms with Crippen molar-refractivity contribution in [2.24, 2.45) is 10.3 Å². The normalized spacial score (nSPS) is 20.5. The summed E-state index contributed by atoms with van der Waals surface area (Å²) in [6, 6.07) is 3.70. The monoisotopic (exact) mass is 475 g/mol. The molecule has 2 aliphatic heterocycles. The highest BCUT2D eigenvalue weighted by molar-refractivity contribution is 7.88. The maximum atomic E-state index is 12.3. The average Bonchev–Trinajstić information content (AvgIpc) is 2.79. The van der Waals surface area contributed by atoms with E-state index in [0.29, 0.717) is 43.1 Å². The predicted molar refractivity (Wildman–Crippen MR) is 126 cm³/mol. The van der Waals surface area contributed by atoms with E-state index in [1.807, 2.05) is 12.1 Å². The number of piperidine rings is 1. The van der Waals surface area contributed by atoms with Gasteiger partial charge in [0.2, 0.25) is 0 Å². The first-order valence-electron chi connectivity index (χ1n) is 10.7. The SMILES string of the molecule is COc1cc2ncnc(N3CCC(C(C)(O)CN4C=CC(C)=NS4(=O)=O)CC3)c2cc1OC. The summed E-state index contributed by atoms with van der Waals surface area (Å²) in [5.74, 6) is 1.93. The zero-order chi connectivity index (χ0) is 23.8. The van der Waals surface area contributed by atoms with E-state index in [1.54, 1.807) is 34.1 Å². The molecule has 11 heteroatoms. The van der Waals surface area contributed by atoms with Crippen molar-refractivity contribution in [1.82, 2.24) is 14.3 Å². The third-order valence-corrected chi connectivity index (χ3v) is 7.67. The largest absolute Gasteiger partial charge is 0.493 e. The predicted octanol–water partition coefficient (Wildman–Crippen LogP) is 2.15. The van der Waals surface area contributed by atoms with Crippen molar-refractivity contribution in [2.75, 3.05) is 38.8 Å². The molecule has 0 radical (unpaired) electrons. The van der Waals surface area contributed by atoms with Crippen molar-refractivity contribution < 1.29 is 23.0 Å². The third-order valence-electron chi connectivity index (χ3n) is 6.31. The smallest absolute Gasteiger partial charge is 0.344 e. The third kappa shape index (κ3) is 4.60. The van der Waals surface area contributed by atoms with Gasteiger partial charge in [-0.05, 0) is 44.7 Å². The zero-order valence-corrected chi connectivity index (χ0v) is 20.0. The maximum Gasteiger partial charge on any atom is 0.344 e. The number of β-amino-alcohol motifs (C(OH)–C–C–N with tert-alkyl or cyclic N) is 1. The standard InChI is InChI=1S/C22H29N5O5S/c1-15-5-10-27(33(29,30)25-15)13-22(2,28)16-6-8-26(9-7-16)21-17-11-19(31-3)20(32-4)12-18(17)23-14-24-21/h5,10-12,14,16,28H,6-9,13H2,1-4H3. The molecule has 1 aromatic heterocycles. The molecule has 0 amide bonds. The van der Waals surface area contributed by atoms with Crippen LogP contribution in [0, 0.1) is 5.92 Å². The summed E-state index contributed by atoms with van der Waals surface area (Å²) in [5.41, 5.74) is -0.0237. The lowest BCUT2D eigenvalue weighted by Gasteiger charge is -2.41. The fraction of sp³-hybridized carbons (Fsp3) is 0.500. The van der Waals surface area contributed by atoms with Crippen LogP contribution in [0.4, 0.5) is 5.82 Å². The van der Waals surface area contributed by atoms with Gasteiger partial charge >= 0.3 is 10.2 Å². The van der Waals surface area contributed by atoms with E-state index < -0.39 is 15.8 Å². The molecule has 33 heavy (non-hydrogen) atoms. The maximum absolute atomic E-state index is 12.3. The van der Waals surface area contributed by atoms with Crippen LogP contribution in [0.3, 0.4) is 0 Å². The fourth-order valence-electron chi connectivity index (χ4n) is 4.45. The minimum Gasteiger partial charge on any atom is -0.493 e. The van der Waals surface area contributed by atoms with E-state index in [1.165, 1.54) is 12.5 Å². The molecule has 178 valence electrons. The number of hydrogen-bond donors (Lipinski definition) is 1. The summed E-state index contributed by atoms with van der Waals surface area (Å²) in [6.07, 6.45) is 6.00. The number of nitrogens with zero attached hydrogens (tertiary/aromatic N) is 5. The van der Waals surface area contributed by atoms with Gasteiger partial charge in [0.15, 0.2) is 11.5 Å². The number of hydrogen-bond acceptors (Lipinski definition) is 8. The Hall–Kier alpha value is -2.92. The van der Waals surface area contributed by atoms with E-state index in [-0.39, 0.29) is 12.5 Å². The van der Waals surface area contributed by atoms with Crippen LogP contribution in [0.1, 0.15) is 26.7 Å². The summed E-state index contributed by atoms with van der Waals surface area (Å²) in [6.45, 7) is 4.61. The molecule has 0 aliphatic carbocycles. The molecule has 0 saturated carbocycles. The van der Waals surface area contributed by atoms with Crippen LogP contribution >= 0.6 is 0 Å². The van der Waals surface area contributed by atoms with Gasteiger partial charge in [0.1, 0.15) is 12.1 Å². The second-order valence-electron chi connectivity index (χ2n) is 8.61. The van der Waals surface area contributed by atoms with Gasteiger partial charge in [-0.15, -0.1) is 0 Å².